The molecule has 56 valence electrons. The van der Waals surface area contributed by atoms with Gasteiger partial charge < -0.3 is 0 Å². The Bertz CT molecular complexity index is 76.6. The first-order chi connectivity index (χ1) is 4.09. The summed E-state index contributed by atoms with van der Waals surface area (Å²) in [7, 11) is 0.574. The Balaban J connectivity index is 3.58. The van der Waals surface area contributed by atoms with E-state index in [1.807, 2.05) is 0 Å². The molecule has 0 spiro atoms. The first-order valence-electron chi connectivity index (χ1n) is 2.93. The van der Waals surface area contributed by atoms with Crippen molar-refractivity contribution in [3.63, 3.8) is 0 Å². The summed E-state index contributed by atoms with van der Waals surface area (Å²) >= 11 is 0. The van der Waals surface area contributed by atoms with Crippen molar-refractivity contribution in [2.24, 2.45) is 0 Å². The molecule has 0 aliphatic carbocycles. The molecule has 0 aromatic carbocycles. The second-order valence-corrected chi connectivity index (χ2v) is 4.18. The summed E-state index contributed by atoms with van der Waals surface area (Å²) < 4.78 is 35.8. The van der Waals surface area contributed by atoms with E-state index in [0.717, 1.165) is 0 Å². The summed E-state index contributed by atoms with van der Waals surface area (Å²) in [5, 5.41) is 0. The van der Waals surface area contributed by atoms with Gasteiger partial charge >= 0.3 is 0 Å². The lowest BCUT2D eigenvalue weighted by Crippen LogP contribution is -2.22. The lowest BCUT2D eigenvalue weighted by atomic mass is 10.2. The highest BCUT2D eigenvalue weighted by Crippen LogP contribution is 2.16. The van der Waals surface area contributed by atoms with E-state index >= 15 is 0 Å². The molecule has 0 fully saturated rings. The van der Waals surface area contributed by atoms with E-state index in [9.17, 15) is 13.2 Å². The summed E-state index contributed by atoms with van der Waals surface area (Å²) in [6, 6.07) is 0. The van der Waals surface area contributed by atoms with Crippen LogP contribution in [0.15, 0.2) is 0 Å². The van der Waals surface area contributed by atoms with Crippen LogP contribution < -0.4 is 0 Å². The summed E-state index contributed by atoms with van der Waals surface area (Å²) in [5.41, 5.74) is -0.296. The van der Waals surface area contributed by atoms with Crippen molar-refractivity contribution < 1.29 is 13.2 Å². The zero-order chi connectivity index (χ0) is 7.44. The summed E-state index contributed by atoms with van der Waals surface area (Å²) in [4.78, 5) is 0. The number of alkyl halides is 3. The third kappa shape index (κ3) is 2.89. The van der Waals surface area contributed by atoms with Gasteiger partial charge in [0.05, 0.1) is 0 Å². The van der Waals surface area contributed by atoms with Gasteiger partial charge in [0.15, 0.2) is 6.17 Å². The Hall–Kier alpha value is 0.00688. The van der Waals surface area contributed by atoms with E-state index < -0.39 is 19.0 Å². The van der Waals surface area contributed by atoms with Gasteiger partial charge in [-0.05, 0) is 5.54 Å². The van der Waals surface area contributed by atoms with Crippen molar-refractivity contribution in [1.82, 2.24) is 0 Å². The van der Waals surface area contributed by atoms with Crippen LogP contribution in [-0.2, 0) is 0 Å². The van der Waals surface area contributed by atoms with Gasteiger partial charge in [0.1, 0.15) is 12.8 Å². The minimum Gasteiger partial charge on any atom is -0.248 e. The van der Waals surface area contributed by atoms with Gasteiger partial charge in [0, 0.05) is 10.2 Å². The van der Waals surface area contributed by atoms with Crippen LogP contribution in [0.3, 0.4) is 0 Å². The fourth-order valence-electron chi connectivity index (χ4n) is 0.503. The van der Waals surface area contributed by atoms with Gasteiger partial charge in [-0.2, -0.15) is 0 Å². The van der Waals surface area contributed by atoms with Crippen molar-refractivity contribution in [3.8, 4) is 0 Å². The molecule has 3 unspecified atom stereocenters. The average Bonchev–Trinajstić information content (AvgIpc) is 1.84. The van der Waals surface area contributed by atoms with E-state index in [0.29, 0.717) is 10.2 Å². The van der Waals surface area contributed by atoms with Gasteiger partial charge in [0.25, 0.3) is 0 Å². The van der Waals surface area contributed by atoms with Crippen molar-refractivity contribution in [2.75, 3.05) is 6.67 Å². The highest BCUT2D eigenvalue weighted by Gasteiger charge is 2.22. The topological polar surface area (TPSA) is 0 Å². The first kappa shape index (κ1) is 9.01. The number of halogens is 3. The summed E-state index contributed by atoms with van der Waals surface area (Å²) in [5.74, 6) is 0. The quantitative estimate of drug-likeness (QED) is 0.530. The molecule has 0 rings (SSSR count). The lowest BCUT2D eigenvalue weighted by Gasteiger charge is -2.12. The zero-order valence-electron chi connectivity index (χ0n) is 5.57. The van der Waals surface area contributed by atoms with Crippen molar-refractivity contribution in [1.29, 1.82) is 0 Å². The van der Waals surface area contributed by atoms with E-state index in [1.54, 1.807) is 6.92 Å². The highest BCUT2D eigenvalue weighted by atomic mass is 28.1. The number of hydrogen-bond acceptors (Lipinski definition) is 0. The van der Waals surface area contributed by atoms with Gasteiger partial charge in [0.2, 0.25) is 0 Å². The Labute approximate surface area is 55.9 Å². The minimum absolute atomic E-state index is 0.296. The molecule has 0 radical (unpaired) electrons. The van der Waals surface area contributed by atoms with Crippen molar-refractivity contribution >= 4 is 10.2 Å². The average molecular weight is 156 g/mol. The molecule has 0 aliphatic heterocycles. The minimum atomic E-state index is -1.91. The largest absolute Gasteiger partial charge is 0.248 e. The molecule has 0 aliphatic rings. The smallest absolute Gasteiger partial charge is 0.159 e. The van der Waals surface area contributed by atoms with Gasteiger partial charge in [-0.1, -0.05) is 6.92 Å². The molecule has 0 aromatic rings. The van der Waals surface area contributed by atoms with Crippen molar-refractivity contribution in [2.45, 2.75) is 24.8 Å². The summed E-state index contributed by atoms with van der Waals surface area (Å²) in [6.45, 7) is 0.382. The molecule has 9 heavy (non-hydrogen) atoms. The standard InChI is InChI=1S/C5H11F3Si/c1-3(9)5(8)4(7)2-6/h3-5H,2H2,1,9H3. The second kappa shape index (κ2) is 3.93. The maximum Gasteiger partial charge on any atom is 0.159 e. The number of hydrogen-bond donors (Lipinski definition) is 0. The maximum absolute atomic E-state index is 12.3. The van der Waals surface area contributed by atoms with Crippen LogP contribution in [0.5, 0.6) is 0 Å². The normalized spacial score (nSPS) is 21.3. The predicted molar refractivity (Wildman–Crippen MR) is 35.1 cm³/mol. The van der Waals surface area contributed by atoms with Gasteiger partial charge in [-0.25, -0.2) is 13.2 Å². The van der Waals surface area contributed by atoms with E-state index in [4.69, 9.17) is 0 Å². The Morgan fingerprint density at radius 3 is 2.00 bits per heavy atom. The molecular formula is C5H11F3Si. The Morgan fingerprint density at radius 2 is 1.89 bits per heavy atom. The van der Waals surface area contributed by atoms with Crippen LogP contribution in [0.1, 0.15) is 6.92 Å². The zero-order valence-corrected chi connectivity index (χ0v) is 7.57. The molecule has 0 nitrogen and oxygen atoms in total. The monoisotopic (exact) mass is 156 g/mol. The molecule has 0 N–H and O–H groups in total. The van der Waals surface area contributed by atoms with Crippen LogP contribution in [0.4, 0.5) is 13.2 Å². The van der Waals surface area contributed by atoms with Gasteiger partial charge in [-0.3, -0.25) is 0 Å². The maximum atomic E-state index is 12.3. The summed E-state index contributed by atoms with van der Waals surface area (Å²) in [6.07, 6.45) is -3.50. The molecule has 0 aromatic heterocycles. The lowest BCUT2D eigenvalue weighted by molar-refractivity contribution is 0.135. The van der Waals surface area contributed by atoms with Gasteiger partial charge in [-0.15, -0.1) is 0 Å². The third-order valence-corrected chi connectivity index (χ3v) is 1.77. The fraction of sp³-hybridized carbons (Fsp3) is 1.00. The molecule has 0 bridgehead atoms. The molecule has 0 heterocycles. The Kier molecular flexibility index (Phi) is 3.93. The SMILES string of the molecule is CC([SiH3])C(F)C(F)CF. The molecule has 0 amide bonds. The molecule has 0 saturated carbocycles. The van der Waals surface area contributed by atoms with Crippen LogP contribution >= 0.6 is 0 Å². The number of rotatable bonds is 3. The molecule has 3 atom stereocenters. The van der Waals surface area contributed by atoms with E-state index in [-0.39, 0.29) is 5.54 Å². The van der Waals surface area contributed by atoms with Crippen molar-refractivity contribution in [3.05, 3.63) is 0 Å². The van der Waals surface area contributed by atoms with E-state index in [2.05, 4.69) is 0 Å². The Morgan fingerprint density at radius 1 is 1.44 bits per heavy atom. The highest BCUT2D eigenvalue weighted by molar-refractivity contribution is 6.11. The molecule has 0 saturated heterocycles. The van der Waals surface area contributed by atoms with Crippen LogP contribution in [0, 0.1) is 0 Å². The van der Waals surface area contributed by atoms with Crippen LogP contribution in [-0.4, -0.2) is 29.3 Å². The fourth-order valence-corrected chi connectivity index (χ4v) is 0.920. The van der Waals surface area contributed by atoms with E-state index in [1.165, 1.54) is 0 Å². The molecular weight excluding hydrogens is 145 g/mol. The van der Waals surface area contributed by atoms with Crippen LogP contribution in [0.25, 0.3) is 0 Å². The third-order valence-electron chi connectivity index (χ3n) is 1.13. The molecule has 4 heteroatoms. The second-order valence-electron chi connectivity index (χ2n) is 2.36. The van der Waals surface area contributed by atoms with Crippen LogP contribution in [0.2, 0.25) is 5.54 Å². The predicted octanol–water partition coefficient (Wildman–Crippen LogP) is 0.806. The first-order valence-corrected chi connectivity index (χ1v) is 4.09.